The van der Waals surface area contributed by atoms with E-state index in [1.807, 2.05) is 43.2 Å². The van der Waals surface area contributed by atoms with E-state index in [0.29, 0.717) is 11.5 Å². The minimum Gasteiger partial charge on any atom is -0.306 e. The van der Waals surface area contributed by atoms with E-state index in [4.69, 9.17) is 9.11 Å². The van der Waals surface area contributed by atoms with Gasteiger partial charge in [0.2, 0.25) is 0 Å². The second kappa shape index (κ2) is 22.7. The van der Waals surface area contributed by atoms with Crippen molar-refractivity contribution in [3.8, 4) is 0 Å². The standard InChI is InChI=1S/C12H26O4S6.Na/c13-21(14)11-5-3-9-19-17-7-1-2-8-18-20-10-4-6-12-22(15)16;/h1-12H2,(H,13,14)(H,15,16);. The number of rotatable bonds is 17. The first kappa shape index (κ1) is 27.8. The van der Waals surface area contributed by atoms with Gasteiger partial charge in [0, 0.05) is 64.1 Å². The van der Waals surface area contributed by atoms with Gasteiger partial charge < -0.3 is 9.11 Å². The summed E-state index contributed by atoms with van der Waals surface area (Å²) in [4.78, 5) is 0. The molecule has 0 amide bonds. The normalized spacial score (nSPS) is 13.5. The van der Waals surface area contributed by atoms with Gasteiger partial charge in [0.25, 0.3) is 0 Å². The van der Waals surface area contributed by atoms with Crippen LogP contribution in [0.5, 0.6) is 0 Å². The fraction of sp³-hybridized carbons (Fsp3) is 1.00. The van der Waals surface area contributed by atoms with Gasteiger partial charge in [-0.2, -0.15) is 0 Å². The Balaban J connectivity index is 0. The average Bonchev–Trinajstić information content (AvgIpc) is 2.46. The van der Waals surface area contributed by atoms with E-state index in [0.717, 1.165) is 37.2 Å². The Morgan fingerprint density at radius 3 is 1.09 bits per heavy atom. The minimum atomic E-state index is -1.63. The van der Waals surface area contributed by atoms with Gasteiger partial charge in [-0.25, -0.2) is 8.42 Å². The maximum Gasteiger partial charge on any atom is 0.152 e. The molecule has 0 saturated carbocycles. The molecule has 2 N–H and O–H groups in total. The van der Waals surface area contributed by atoms with Crippen LogP contribution in [0.1, 0.15) is 38.5 Å². The second-order valence-electron chi connectivity index (χ2n) is 4.46. The third-order valence-corrected chi connectivity index (χ3v) is 8.90. The molecule has 0 rings (SSSR count). The maximum absolute atomic E-state index is 10.4. The molecule has 4 nitrogen and oxygen atoms in total. The van der Waals surface area contributed by atoms with Crippen LogP contribution in [-0.2, 0) is 22.2 Å². The van der Waals surface area contributed by atoms with Crippen molar-refractivity contribution in [2.75, 3.05) is 34.5 Å². The molecule has 135 valence electrons. The van der Waals surface area contributed by atoms with Gasteiger partial charge >= 0.3 is 0 Å². The van der Waals surface area contributed by atoms with Crippen LogP contribution in [0.2, 0.25) is 0 Å². The van der Waals surface area contributed by atoms with Gasteiger partial charge in [-0.3, -0.25) is 0 Å². The van der Waals surface area contributed by atoms with Gasteiger partial charge in [-0.05, 0) is 38.5 Å². The van der Waals surface area contributed by atoms with Crippen molar-refractivity contribution in [3.63, 3.8) is 0 Å². The molecule has 0 aromatic carbocycles. The molecule has 0 aliphatic rings. The molecule has 23 heavy (non-hydrogen) atoms. The quantitative estimate of drug-likeness (QED) is 0.148. The van der Waals surface area contributed by atoms with Crippen molar-refractivity contribution in [2.24, 2.45) is 0 Å². The van der Waals surface area contributed by atoms with Crippen molar-refractivity contribution < 1.29 is 17.5 Å². The van der Waals surface area contributed by atoms with Crippen molar-refractivity contribution in [3.05, 3.63) is 0 Å². The minimum absolute atomic E-state index is 0. The summed E-state index contributed by atoms with van der Waals surface area (Å²) >= 11 is -3.26. The van der Waals surface area contributed by atoms with Crippen molar-refractivity contribution in [1.29, 1.82) is 0 Å². The summed E-state index contributed by atoms with van der Waals surface area (Å²) in [6.45, 7) is 0. The Kier molecular flexibility index (Phi) is 27.4. The molecular weight excluding hydrogens is 424 g/mol. The van der Waals surface area contributed by atoms with Gasteiger partial charge in [0.15, 0.2) is 22.2 Å². The summed E-state index contributed by atoms with van der Waals surface area (Å²) in [5.74, 6) is 5.26. The molecule has 1 radical (unpaired) electrons. The summed E-state index contributed by atoms with van der Waals surface area (Å²) in [5.41, 5.74) is 0. The van der Waals surface area contributed by atoms with E-state index in [1.54, 1.807) is 0 Å². The van der Waals surface area contributed by atoms with Crippen molar-refractivity contribution >= 4 is 94.9 Å². The Bertz CT molecular complexity index is 271. The predicted octanol–water partition coefficient (Wildman–Crippen LogP) is 4.15. The molecule has 0 aromatic heterocycles. The van der Waals surface area contributed by atoms with Crippen LogP contribution >= 0.6 is 43.2 Å². The summed E-state index contributed by atoms with van der Waals surface area (Å²) in [6, 6.07) is 0. The molecular formula is C12H26NaO4S6. The third kappa shape index (κ3) is 27.0. The van der Waals surface area contributed by atoms with E-state index < -0.39 is 22.2 Å². The number of hydrogen-bond acceptors (Lipinski definition) is 6. The molecule has 0 aromatic rings. The first-order valence-electron chi connectivity index (χ1n) is 7.26. The fourth-order valence-corrected chi connectivity index (χ4v) is 6.82. The molecule has 0 aliphatic heterocycles. The Labute approximate surface area is 183 Å². The zero-order chi connectivity index (χ0) is 16.5. The Morgan fingerprint density at radius 1 is 0.565 bits per heavy atom. The molecule has 0 spiro atoms. The van der Waals surface area contributed by atoms with Crippen LogP contribution < -0.4 is 0 Å². The molecule has 0 saturated heterocycles. The van der Waals surface area contributed by atoms with Crippen LogP contribution in [0, 0.1) is 0 Å². The van der Waals surface area contributed by atoms with Crippen LogP contribution in [0.4, 0.5) is 0 Å². The molecule has 0 heterocycles. The molecule has 0 aliphatic carbocycles. The molecule has 2 unspecified atom stereocenters. The third-order valence-electron chi connectivity index (χ3n) is 2.47. The zero-order valence-corrected chi connectivity index (χ0v) is 20.5. The monoisotopic (exact) mass is 449 g/mol. The van der Waals surface area contributed by atoms with E-state index in [-0.39, 0.29) is 29.6 Å². The molecule has 2 atom stereocenters. The summed E-state index contributed by atoms with van der Waals surface area (Å²) in [5, 5.41) is 0. The van der Waals surface area contributed by atoms with E-state index in [2.05, 4.69) is 0 Å². The van der Waals surface area contributed by atoms with Gasteiger partial charge in [0.05, 0.1) is 0 Å². The largest absolute Gasteiger partial charge is 0.306 e. The molecule has 0 fully saturated rings. The average molecular weight is 450 g/mol. The van der Waals surface area contributed by atoms with Crippen LogP contribution in [0.3, 0.4) is 0 Å². The molecule has 0 bridgehead atoms. The zero-order valence-electron chi connectivity index (χ0n) is 13.6. The number of unbranched alkanes of at least 4 members (excludes halogenated alkanes) is 3. The molecule has 11 heteroatoms. The summed E-state index contributed by atoms with van der Waals surface area (Å²) in [6.07, 6.45) is 6.16. The Morgan fingerprint density at radius 2 is 0.826 bits per heavy atom. The van der Waals surface area contributed by atoms with Crippen molar-refractivity contribution in [1.82, 2.24) is 0 Å². The smallest absolute Gasteiger partial charge is 0.152 e. The summed E-state index contributed by atoms with van der Waals surface area (Å²) in [7, 11) is 7.53. The SMILES string of the molecule is O=S(O)CCCCSSCCCCSSCCCCS(=O)O.[Na]. The second-order valence-corrected chi connectivity index (χ2v) is 12.0. The number of hydrogen-bond donors (Lipinski definition) is 2. The van der Waals surface area contributed by atoms with Gasteiger partial charge in [0.1, 0.15) is 0 Å². The predicted molar refractivity (Wildman–Crippen MR) is 115 cm³/mol. The maximum atomic E-state index is 10.4. The summed E-state index contributed by atoms with van der Waals surface area (Å²) < 4.78 is 38.1. The van der Waals surface area contributed by atoms with Crippen LogP contribution in [0.15, 0.2) is 0 Å². The Hall–Kier alpha value is 2.62. The topological polar surface area (TPSA) is 74.6 Å². The van der Waals surface area contributed by atoms with Crippen molar-refractivity contribution in [2.45, 2.75) is 38.5 Å². The van der Waals surface area contributed by atoms with E-state index in [9.17, 15) is 8.42 Å². The first-order chi connectivity index (χ1) is 10.6. The van der Waals surface area contributed by atoms with E-state index in [1.165, 1.54) is 24.3 Å². The van der Waals surface area contributed by atoms with Crippen LogP contribution in [0.25, 0.3) is 0 Å². The van der Waals surface area contributed by atoms with E-state index >= 15 is 0 Å². The van der Waals surface area contributed by atoms with Crippen LogP contribution in [-0.4, -0.2) is 81.6 Å². The first-order valence-corrected chi connectivity index (χ1v) is 14.8. The van der Waals surface area contributed by atoms with Gasteiger partial charge in [-0.15, -0.1) is 0 Å². The fourth-order valence-electron chi connectivity index (χ4n) is 1.33. The van der Waals surface area contributed by atoms with Gasteiger partial charge in [-0.1, -0.05) is 43.2 Å².